The number of thiophene rings is 4. The van der Waals surface area contributed by atoms with E-state index in [9.17, 15) is 0 Å². The molecule has 0 atom stereocenters. The van der Waals surface area contributed by atoms with E-state index in [1.165, 1.54) is 0 Å². The molecule has 1 aliphatic heterocycles. The second-order valence-corrected chi connectivity index (χ2v) is 26.3. The summed E-state index contributed by atoms with van der Waals surface area (Å²) < 4.78 is 33.4. The molecule has 12 heteroatoms. The average molecular weight is 569 g/mol. The Balaban J connectivity index is 1.69. The van der Waals surface area contributed by atoms with Crippen LogP contribution in [0.4, 0.5) is 0 Å². The van der Waals surface area contributed by atoms with Gasteiger partial charge in [0.15, 0.2) is 0 Å². The van der Waals surface area contributed by atoms with Gasteiger partial charge < -0.3 is 16.5 Å². The maximum absolute atomic E-state index is 7.20. The van der Waals surface area contributed by atoms with Crippen LogP contribution < -0.4 is 18.0 Å². The Morgan fingerprint density at radius 2 is 0.656 bits per heavy atom. The quantitative estimate of drug-likeness (QED) is 0.345. The molecular formula is C20H24O4S4Si4. The predicted molar refractivity (Wildman–Crippen MR) is 147 cm³/mol. The summed E-state index contributed by atoms with van der Waals surface area (Å²) in [6, 6.07) is 16.9. The zero-order chi connectivity index (χ0) is 22.5. The van der Waals surface area contributed by atoms with E-state index < -0.39 is 34.2 Å². The van der Waals surface area contributed by atoms with Crippen molar-refractivity contribution in [2.75, 3.05) is 0 Å². The van der Waals surface area contributed by atoms with Crippen LogP contribution >= 0.6 is 45.3 Å². The molecule has 0 amide bonds. The molecule has 4 aromatic heterocycles. The van der Waals surface area contributed by atoms with Gasteiger partial charge in [0.1, 0.15) is 0 Å². The Labute approximate surface area is 209 Å². The summed E-state index contributed by atoms with van der Waals surface area (Å²) in [7, 11) is -11.4. The third-order valence-corrected chi connectivity index (χ3v) is 30.7. The Kier molecular flexibility index (Phi) is 6.27. The third kappa shape index (κ3) is 4.21. The van der Waals surface area contributed by atoms with E-state index in [2.05, 4.69) is 96.2 Å². The fourth-order valence-electron chi connectivity index (χ4n) is 4.12. The lowest BCUT2D eigenvalue weighted by atomic mass is 10.7. The normalized spacial score (nSPS) is 33.6. The van der Waals surface area contributed by atoms with E-state index in [1.807, 2.05) is 0 Å². The number of rotatable bonds is 4. The van der Waals surface area contributed by atoms with Crippen LogP contribution in [0, 0.1) is 0 Å². The van der Waals surface area contributed by atoms with Crippen LogP contribution in [-0.4, -0.2) is 34.2 Å². The van der Waals surface area contributed by atoms with E-state index in [0.29, 0.717) is 0 Å². The molecule has 1 saturated heterocycles. The molecule has 0 aliphatic carbocycles. The summed E-state index contributed by atoms with van der Waals surface area (Å²) in [4.78, 5) is 0. The maximum Gasteiger partial charge on any atom is 0.362 e. The van der Waals surface area contributed by atoms with E-state index in [0.717, 1.165) is 18.0 Å². The second-order valence-electron chi connectivity index (χ2n) is 8.10. The van der Waals surface area contributed by atoms with E-state index in [1.54, 1.807) is 45.3 Å². The Morgan fingerprint density at radius 3 is 0.812 bits per heavy atom. The fourth-order valence-corrected chi connectivity index (χ4v) is 32.1. The van der Waals surface area contributed by atoms with Crippen molar-refractivity contribution in [3.05, 3.63) is 70.1 Å². The average Bonchev–Trinajstić information content (AvgIpc) is 3.55. The summed E-state index contributed by atoms with van der Waals surface area (Å²) >= 11 is 6.81. The monoisotopic (exact) mass is 568 g/mol. The van der Waals surface area contributed by atoms with Crippen LogP contribution in [0.25, 0.3) is 0 Å². The molecule has 0 bridgehead atoms. The van der Waals surface area contributed by atoms with Gasteiger partial charge in [-0.15, -0.1) is 45.3 Å². The SMILES string of the molecule is C[Si]1(c2cccs2)O[Si](C)(c2cccs2)O[Si](C)(c2cccs2)O[Si](C)(c2cccs2)O1. The van der Waals surface area contributed by atoms with Crippen LogP contribution in [0.5, 0.6) is 0 Å². The molecule has 0 aromatic carbocycles. The van der Waals surface area contributed by atoms with Crippen molar-refractivity contribution in [2.45, 2.75) is 26.2 Å². The largest absolute Gasteiger partial charge is 0.408 e. The molecule has 0 spiro atoms. The summed E-state index contributed by atoms with van der Waals surface area (Å²) in [6.45, 7) is 8.66. The standard InChI is InChI=1S/C20H24O4S4Si4/c1-29(17-9-5-13-25-17)21-30(2,18-10-6-14-26-18)23-32(4,20-12-8-16-28-20)24-31(3,22-29)19-11-7-15-27-19/h5-16H,1-4H3. The lowest BCUT2D eigenvalue weighted by Gasteiger charge is -2.49. The first-order valence-electron chi connectivity index (χ1n) is 10.2. The predicted octanol–water partition coefficient (Wildman–Crippen LogP) is 4.23. The van der Waals surface area contributed by atoms with Gasteiger partial charge in [-0.05, 0) is 72.0 Å². The minimum Gasteiger partial charge on any atom is -0.408 e. The summed E-state index contributed by atoms with van der Waals surface area (Å²) in [6.07, 6.45) is 0. The first kappa shape index (κ1) is 23.3. The lowest BCUT2D eigenvalue weighted by Crippen LogP contribution is -2.76. The minimum absolute atomic E-state index is 1.16. The van der Waals surface area contributed by atoms with E-state index >= 15 is 0 Å². The summed E-state index contributed by atoms with van der Waals surface area (Å²) in [5.74, 6) is 0. The van der Waals surface area contributed by atoms with Crippen molar-refractivity contribution < 1.29 is 16.5 Å². The highest BCUT2D eigenvalue weighted by Crippen LogP contribution is 2.33. The molecule has 4 nitrogen and oxygen atoms in total. The van der Waals surface area contributed by atoms with Crippen molar-refractivity contribution in [1.29, 1.82) is 0 Å². The number of hydrogen-bond donors (Lipinski definition) is 0. The van der Waals surface area contributed by atoms with Crippen molar-refractivity contribution in [1.82, 2.24) is 0 Å². The van der Waals surface area contributed by atoms with Crippen molar-refractivity contribution in [3.63, 3.8) is 0 Å². The highest BCUT2D eigenvalue weighted by atomic mass is 32.1. The third-order valence-electron chi connectivity index (χ3n) is 5.43. The van der Waals surface area contributed by atoms with E-state index in [4.69, 9.17) is 16.5 Å². The summed E-state index contributed by atoms with van der Waals surface area (Å²) in [5.41, 5.74) is 0. The zero-order valence-electron chi connectivity index (χ0n) is 18.2. The molecule has 0 radical (unpaired) electrons. The fraction of sp³-hybridized carbons (Fsp3) is 0.200. The van der Waals surface area contributed by atoms with Crippen LogP contribution in [0.15, 0.2) is 70.1 Å². The molecule has 5 rings (SSSR count). The molecule has 1 aliphatic rings. The van der Waals surface area contributed by atoms with Gasteiger partial charge in [-0.1, -0.05) is 24.3 Å². The first-order valence-corrected chi connectivity index (χ1v) is 23.0. The molecule has 0 unspecified atom stereocenters. The summed E-state index contributed by atoms with van der Waals surface area (Å²) in [5, 5.41) is 8.39. The Bertz CT molecular complexity index is 954. The molecule has 32 heavy (non-hydrogen) atoms. The smallest absolute Gasteiger partial charge is 0.362 e. The molecule has 0 N–H and O–H groups in total. The maximum atomic E-state index is 7.20. The molecule has 168 valence electrons. The van der Waals surface area contributed by atoms with Crippen molar-refractivity contribution >= 4 is 97.6 Å². The second kappa shape index (κ2) is 8.62. The molecule has 4 aromatic rings. The lowest BCUT2D eigenvalue weighted by molar-refractivity contribution is 0.255. The molecule has 5 heterocycles. The zero-order valence-corrected chi connectivity index (χ0v) is 25.5. The minimum atomic E-state index is -2.84. The van der Waals surface area contributed by atoms with Crippen molar-refractivity contribution in [2.24, 2.45) is 0 Å². The van der Waals surface area contributed by atoms with Crippen LogP contribution in [0.3, 0.4) is 0 Å². The molecule has 0 saturated carbocycles. The topological polar surface area (TPSA) is 36.9 Å². The van der Waals surface area contributed by atoms with Gasteiger partial charge in [0.25, 0.3) is 0 Å². The van der Waals surface area contributed by atoms with Gasteiger partial charge >= 0.3 is 34.2 Å². The van der Waals surface area contributed by atoms with Gasteiger partial charge in [0.2, 0.25) is 0 Å². The Morgan fingerprint density at radius 1 is 0.438 bits per heavy atom. The molecule has 1 fully saturated rings. The van der Waals surface area contributed by atoms with Gasteiger partial charge in [-0.25, -0.2) is 0 Å². The van der Waals surface area contributed by atoms with Crippen LogP contribution in [0.2, 0.25) is 26.2 Å². The number of hydrogen-bond acceptors (Lipinski definition) is 8. The van der Waals surface area contributed by atoms with Gasteiger partial charge in [0.05, 0.1) is 0 Å². The van der Waals surface area contributed by atoms with E-state index in [-0.39, 0.29) is 0 Å². The van der Waals surface area contributed by atoms with Gasteiger partial charge in [-0.3, -0.25) is 0 Å². The van der Waals surface area contributed by atoms with Crippen molar-refractivity contribution in [3.8, 4) is 0 Å². The van der Waals surface area contributed by atoms with Gasteiger partial charge in [0, 0.05) is 18.0 Å². The van der Waals surface area contributed by atoms with Gasteiger partial charge in [-0.2, -0.15) is 0 Å². The van der Waals surface area contributed by atoms with Crippen LogP contribution in [0.1, 0.15) is 0 Å². The van der Waals surface area contributed by atoms with Crippen LogP contribution in [-0.2, 0) is 16.5 Å². The first-order chi connectivity index (χ1) is 15.2. The molecular weight excluding hydrogens is 545 g/mol. The Hall–Kier alpha value is -0.492. The highest BCUT2D eigenvalue weighted by Gasteiger charge is 2.61. The highest BCUT2D eigenvalue weighted by molar-refractivity contribution is 7.31.